The Morgan fingerprint density at radius 3 is 2.26 bits per heavy atom. The minimum atomic E-state index is -0.406. The van der Waals surface area contributed by atoms with Gasteiger partial charge in [0, 0.05) is 15.7 Å². The minimum Gasteiger partial charge on any atom is -0.418 e. The van der Waals surface area contributed by atoms with E-state index < -0.39 is 6.04 Å². The summed E-state index contributed by atoms with van der Waals surface area (Å²) in [4.78, 5) is 0. The van der Waals surface area contributed by atoms with Gasteiger partial charge >= 0.3 is 0 Å². The van der Waals surface area contributed by atoms with Crippen molar-refractivity contribution in [2.75, 3.05) is 5.32 Å². The molecule has 0 aliphatic rings. The predicted molar refractivity (Wildman–Crippen MR) is 106 cm³/mol. The smallest absolute Gasteiger partial charge is 0.247 e. The molecule has 0 amide bonds. The number of rotatable bonds is 5. The fraction of sp³-hybridized carbons (Fsp3) is 0.0476. The number of nitrogens with zero attached hydrogens (tertiary/aromatic N) is 2. The summed E-state index contributed by atoms with van der Waals surface area (Å²) in [5, 5.41) is 11.8. The Hall–Kier alpha value is -2.99. The van der Waals surface area contributed by atoms with Crippen LogP contribution >= 0.6 is 15.9 Å². The maximum atomic E-state index is 13.4. The van der Waals surface area contributed by atoms with Crippen molar-refractivity contribution < 1.29 is 8.81 Å². The molecule has 4 nitrogen and oxygen atoms in total. The lowest BCUT2D eigenvalue weighted by molar-refractivity contribution is 0.494. The van der Waals surface area contributed by atoms with Gasteiger partial charge in [0.2, 0.25) is 11.8 Å². The maximum absolute atomic E-state index is 13.4. The Balaban J connectivity index is 1.70. The lowest BCUT2D eigenvalue weighted by atomic mass is 10.1. The highest BCUT2D eigenvalue weighted by molar-refractivity contribution is 9.10. The van der Waals surface area contributed by atoms with Crippen LogP contribution in [0.2, 0.25) is 0 Å². The molecule has 1 N–H and O–H groups in total. The van der Waals surface area contributed by atoms with Crippen LogP contribution in [0.1, 0.15) is 17.5 Å². The summed E-state index contributed by atoms with van der Waals surface area (Å²) in [5.41, 5.74) is 2.55. The lowest BCUT2D eigenvalue weighted by Gasteiger charge is -2.17. The molecule has 0 radical (unpaired) electrons. The standard InChI is InChI=1S/C21H15BrFN3O/c22-16-8-12-18(13-9-16)24-19(14-6-10-17(23)11-7-14)21-26-25-20(27-21)15-4-2-1-3-5-15/h1-13,19,24H. The Bertz CT molecular complexity index is 1020. The van der Waals surface area contributed by atoms with Crippen molar-refractivity contribution in [2.45, 2.75) is 6.04 Å². The number of anilines is 1. The Morgan fingerprint density at radius 1 is 0.852 bits per heavy atom. The van der Waals surface area contributed by atoms with Gasteiger partial charge < -0.3 is 9.73 Å². The van der Waals surface area contributed by atoms with Crippen LogP contribution in [-0.4, -0.2) is 10.2 Å². The molecule has 0 spiro atoms. The number of aromatic nitrogens is 2. The van der Waals surface area contributed by atoms with Crippen molar-refractivity contribution in [1.82, 2.24) is 10.2 Å². The first-order valence-corrected chi connectivity index (χ1v) is 9.15. The van der Waals surface area contributed by atoms with Crippen molar-refractivity contribution >= 4 is 21.6 Å². The number of nitrogens with one attached hydrogen (secondary N) is 1. The third kappa shape index (κ3) is 4.06. The molecule has 1 aromatic heterocycles. The summed E-state index contributed by atoms with van der Waals surface area (Å²) < 4.78 is 20.3. The zero-order valence-corrected chi connectivity index (χ0v) is 15.7. The van der Waals surface area contributed by atoms with Crippen molar-refractivity contribution in [3.05, 3.63) is 101 Å². The molecule has 0 fully saturated rings. The van der Waals surface area contributed by atoms with Gasteiger partial charge in [0.05, 0.1) is 0 Å². The highest BCUT2D eigenvalue weighted by Gasteiger charge is 2.21. The van der Waals surface area contributed by atoms with Crippen LogP contribution in [0, 0.1) is 5.82 Å². The van der Waals surface area contributed by atoms with Gasteiger partial charge in [-0.3, -0.25) is 0 Å². The molecule has 4 aromatic rings. The number of hydrogen-bond donors (Lipinski definition) is 1. The zero-order valence-electron chi connectivity index (χ0n) is 14.1. The number of benzene rings is 3. The molecule has 1 atom stereocenters. The lowest BCUT2D eigenvalue weighted by Crippen LogP contribution is -2.13. The van der Waals surface area contributed by atoms with Gasteiger partial charge in [0.15, 0.2) is 0 Å². The fourth-order valence-corrected chi connectivity index (χ4v) is 2.97. The van der Waals surface area contributed by atoms with E-state index in [1.807, 2.05) is 54.6 Å². The molecule has 1 unspecified atom stereocenters. The van der Waals surface area contributed by atoms with Gasteiger partial charge in [-0.15, -0.1) is 10.2 Å². The summed E-state index contributed by atoms with van der Waals surface area (Å²) >= 11 is 3.43. The predicted octanol–water partition coefficient (Wildman–Crippen LogP) is 5.84. The van der Waals surface area contributed by atoms with Crippen molar-refractivity contribution in [3.63, 3.8) is 0 Å². The monoisotopic (exact) mass is 423 g/mol. The molecule has 0 aliphatic carbocycles. The van der Waals surface area contributed by atoms with E-state index >= 15 is 0 Å². The van der Waals surface area contributed by atoms with E-state index in [0.717, 1.165) is 21.3 Å². The van der Waals surface area contributed by atoms with Crippen LogP contribution < -0.4 is 5.32 Å². The van der Waals surface area contributed by atoms with E-state index in [2.05, 4.69) is 31.4 Å². The SMILES string of the molecule is Fc1ccc(C(Nc2ccc(Br)cc2)c2nnc(-c3ccccc3)o2)cc1. The first-order valence-electron chi connectivity index (χ1n) is 8.35. The largest absolute Gasteiger partial charge is 0.418 e. The van der Waals surface area contributed by atoms with Crippen molar-refractivity contribution in [2.24, 2.45) is 0 Å². The fourth-order valence-electron chi connectivity index (χ4n) is 2.70. The summed E-state index contributed by atoms with van der Waals surface area (Å²) in [6.45, 7) is 0. The molecule has 0 saturated heterocycles. The van der Waals surface area contributed by atoms with E-state index in [1.165, 1.54) is 12.1 Å². The van der Waals surface area contributed by atoms with Gasteiger partial charge in [-0.2, -0.15) is 0 Å². The summed E-state index contributed by atoms with van der Waals surface area (Å²) in [6.07, 6.45) is 0. The summed E-state index contributed by atoms with van der Waals surface area (Å²) in [7, 11) is 0. The van der Waals surface area contributed by atoms with Crippen molar-refractivity contribution in [3.8, 4) is 11.5 Å². The highest BCUT2D eigenvalue weighted by atomic mass is 79.9. The van der Waals surface area contributed by atoms with E-state index in [4.69, 9.17) is 4.42 Å². The van der Waals surface area contributed by atoms with Crippen LogP contribution in [-0.2, 0) is 0 Å². The van der Waals surface area contributed by atoms with E-state index in [-0.39, 0.29) is 5.82 Å². The number of hydrogen-bond acceptors (Lipinski definition) is 4. The zero-order chi connectivity index (χ0) is 18.6. The Labute approximate surface area is 164 Å². The van der Waals surface area contributed by atoms with E-state index in [0.29, 0.717) is 11.8 Å². The summed E-state index contributed by atoms with van der Waals surface area (Å²) in [6, 6.07) is 23.2. The molecular weight excluding hydrogens is 409 g/mol. The molecular formula is C21H15BrFN3O. The average molecular weight is 424 g/mol. The van der Waals surface area contributed by atoms with Crippen LogP contribution in [0.4, 0.5) is 10.1 Å². The van der Waals surface area contributed by atoms with Gasteiger partial charge in [0.1, 0.15) is 11.9 Å². The Morgan fingerprint density at radius 2 is 1.56 bits per heavy atom. The quantitative estimate of drug-likeness (QED) is 0.437. The van der Waals surface area contributed by atoms with Crippen LogP contribution in [0.15, 0.2) is 87.8 Å². The van der Waals surface area contributed by atoms with Crippen LogP contribution in [0.5, 0.6) is 0 Å². The van der Waals surface area contributed by atoms with Crippen LogP contribution in [0.25, 0.3) is 11.5 Å². The second kappa shape index (κ2) is 7.72. The molecule has 6 heteroatoms. The first-order chi connectivity index (χ1) is 13.2. The number of halogens is 2. The van der Waals surface area contributed by atoms with E-state index in [1.54, 1.807) is 12.1 Å². The molecule has 3 aromatic carbocycles. The van der Waals surface area contributed by atoms with Crippen molar-refractivity contribution in [1.29, 1.82) is 0 Å². The van der Waals surface area contributed by atoms with Gasteiger partial charge in [-0.05, 0) is 54.1 Å². The van der Waals surface area contributed by atoms with Gasteiger partial charge in [-0.1, -0.05) is 46.3 Å². The topological polar surface area (TPSA) is 51.0 Å². The molecule has 4 rings (SSSR count). The highest BCUT2D eigenvalue weighted by Crippen LogP contribution is 2.29. The molecule has 134 valence electrons. The van der Waals surface area contributed by atoms with Crippen LogP contribution in [0.3, 0.4) is 0 Å². The first kappa shape index (κ1) is 17.4. The normalized spacial score (nSPS) is 11.9. The second-order valence-corrected chi connectivity index (χ2v) is 6.86. The molecule has 0 saturated carbocycles. The third-order valence-electron chi connectivity index (χ3n) is 4.07. The average Bonchev–Trinajstić information content (AvgIpc) is 3.19. The van der Waals surface area contributed by atoms with E-state index in [9.17, 15) is 4.39 Å². The molecule has 27 heavy (non-hydrogen) atoms. The maximum Gasteiger partial charge on any atom is 0.247 e. The molecule has 0 bridgehead atoms. The third-order valence-corrected chi connectivity index (χ3v) is 4.60. The molecule has 1 heterocycles. The molecule has 0 aliphatic heterocycles. The Kier molecular flexibility index (Phi) is 4.98. The minimum absolute atomic E-state index is 0.295. The van der Waals surface area contributed by atoms with Gasteiger partial charge in [0.25, 0.3) is 0 Å². The summed E-state index contributed by atoms with van der Waals surface area (Å²) in [5.74, 6) is 0.551. The van der Waals surface area contributed by atoms with Gasteiger partial charge in [-0.25, -0.2) is 4.39 Å². The second-order valence-electron chi connectivity index (χ2n) is 5.95.